The first-order chi connectivity index (χ1) is 12.6. The van der Waals surface area contributed by atoms with Gasteiger partial charge >= 0.3 is 0 Å². The molecule has 1 amide bonds. The van der Waals surface area contributed by atoms with Crippen molar-refractivity contribution in [2.75, 3.05) is 26.7 Å². The van der Waals surface area contributed by atoms with Gasteiger partial charge in [-0.05, 0) is 37.5 Å². The molecule has 1 aromatic carbocycles. The van der Waals surface area contributed by atoms with Crippen molar-refractivity contribution in [3.63, 3.8) is 0 Å². The maximum atomic E-state index is 13.6. The maximum absolute atomic E-state index is 13.6. The number of nitrogens with one attached hydrogen (secondary N) is 3. The van der Waals surface area contributed by atoms with E-state index in [1.807, 2.05) is 13.0 Å². The summed E-state index contributed by atoms with van der Waals surface area (Å²) in [6, 6.07) is 8.49. The Bertz CT molecular complexity index is 749. The smallest absolute Gasteiger partial charge is 0.287 e. The number of hydrogen-bond acceptors (Lipinski definition) is 3. The normalized spacial score (nSPS) is 10.9. The molecule has 0 bridgehead atoms. The van der Waals surface area contributed by atoms with Crippen molar-refractivity contribution in [1.82, 2.24) is 16.0 Å². The van der Waals surface area contributed by atoms with Crippen LogP contribution in [0.15, 0.2) is 46.0 Å². The highest BCUT2D eigenvalue weighted by atomic mass is 127. The summed E-state index contributed by atoms with van der Waals surface area (Å²) in [6.07, 6.45) is 2.81. The van der Waals surface area contributed by atoms with Gasteiger partial charge in [0.25, 0.3) is 5.91 Å². The first kappa shape index (κ1) is 22.9. The molecular formula is C19H26FIN4O2. The first-order valence-electron chi connectivity index (χ1n) is 8.62. The summed E-state index contributed by atoms with van der Waals surface area (Å²) < 4.78 is 18.7. The number of amides is 1. The van der Waals surface area contributed by atoms with E-state index in [1.54, 1.807) is 25.2 Å². The van der Waals surface area contributed by atoms with Crippen LogP contribution >= 0.6 is 24.0 Å². The standard InChI is InChI=1S/C19H25FN4O2.HI/c1-14-9-13-26-17(14)18(25)22-10-5-11-23-19(21-2)24-12-8-15-6-3-4-7-16(15)20;/h3-4,6-7,9,13H,5,8,10-12H2,1-2H3,(H,22,25)(H2,21,23,24);1H. The molecule has 3 N–H and O–H groups in total. The van der Waals surface area contributed by atoms with Gasteiger partial charge in [0, 0.05) is 32.2 Å². The molecule has 2 aromatic rings. The summed E-state index contributed by atoms with van der Waals surface area (Å²) >= 11 is 0. The average Bonchev–Trinajstić information content (AvgIpc) is 3.07. The Morgan fingerprint density at radius 3 is 2.48 bits per heavy atom. The van der Waals surface area contributed by atoms with E-state index in [4.69, 9.17) is 4.42 Å². The van der Waals surface area contributed by atoms with Crippen LogP contribution in [0.4, 0.5) is 4.39 Å². The van der Waals surface area contributed by atoms with E-state index in [2.05, 4.69) is 20.9 Å². The number of carbonyl (C=O) groups excluding carboxylic acids is 1. The van der Waals surface area contributed by atoms with Crippen molar-refractivity contribution in [1.29, 1.82) is 0 Å². The summed E-state index contributed by atoms with van der Waals surface area (Å²) in [6.45, 7) is 3.58. The van der Waals surface area contributed by atoms with Crippen molar-refractivity contribution < 1.29 is 13.6 Å². The van der Waals surface area contributed by atoms with Gasteiger partial charge in [-0.1, -0.05) is 18.2 Å². The molecule has 2 rings (SSSR count). The molecule has 1 heterocycles. The zero-order chi connectivity index (χ0) is 18.8. The molecule has 0 unspecified atom stereocenters. The van der Waals surface area contributed by atoms with Gasteiger partial charge in [0.15, 0.2) is 11.7 Å². The van der Waals surface area contributed by atoms with Crippen LogP contribution in [0.25, 0.3) is 0 Å². The van der Waals surface area contributed by atoms with Crippen LogP contribution in [-0.4, -0.2) is 38.5 Å². The number of nitrogens with zero attached hydrogens (tertiary/aromatic N) is 1. The number of furan rings is 1. The van der Waals surface area contributed by atoms with Gasteiger partial charge in [0.1, 0.15) is 5.82 Å². The molecule has 0 aliphatic rings. The first-order valence-corrected chi connectivity index (χ1v) is 8.62. The molecule has 0 spiro atoms. The van der Waals surface area contributed by atoms with Gasteiger partial charge in [0.05, 0.1) is 6.26 Å². The minimum atomic E-state index is -0.208. The molecule has 1 aromatic heterocycles. The number of aliphatic imine (C=N–C) groups is 1. The molecule has 0 saturated carbocycles. The number of aryl methyl sites for hydroxylation is 1. The molecule has 0 aliphatic heterocycles. The highest BCUT2D eigenvalue weighted by Gasteiger charge is 2.11. The van der Waals surface area contributed by atoms with Crippen molar-refractivity contribution in [3.8, 4) is 0 Å². The predicted octanol–water partition coefficient (Wildman–Crippen LogP) is 2.87. The third kappa shape index (κ3) is 7.58. The van der Waals surface area contributed by atoms with Gasteiger partial charge in [-0.15, -0.1) is 24.0 Å². The van der Waals surface area contributed by atoms with Crippen molar-refractivity contribution >= 4 is 35.8 Å². The Labute approximate surface area is 176 Å². The van der Waals surface area contributed by atoms with Crippen molar-refractivity contribution in [2.24, 2.45) is 4.99 Å². The highest BCUT2D eigenvalue weighted by Crippen LogP contribution is 2.08. The largest absolute Gasteiger partial charge is 0.459 e. The monoisotopic (exact) mass is 488 g/mol. The van der Waals surface area contributed by atoms with E-state index >= 15 is 0 Å². The van der Waals surface area contributed by atoms with Gasteiger partial charge in [0.2, 0.25) is 0 Å². The molecule has 0 aliphatic carbocycles. The van der Waals surface area contributed by atoms with Crippen LogP contribution in [0, 0.1) is 12.7 Å². The van der Waals surface area contributed by atoms with Crippen LogP contribution in [0.3, 0.4) is 0 Å². The van der Waals surface area contributed by atoms with Crippen molar-refractivity contribution in [2.45, 2.75) is 19.8 Å². The quantitative estimate of drug-likeness (QED) is 0.231. The lowest BCUT2D eigenvalue weighted by Gasteiger charge is -2.12. The third-order valence-electron chi connectivity index (χ3n) is 3.87. The van der Waals surface area contributed by atoms with Crippen LogP contribution in [0.2, 0.25) is 0 Å². The highest BCUT2D eigenvalue weighted by molar-refractivity contribution is 14.0. The molecule has 0 saturated heterocycles. The number of hydrogen-bond donors (Lipinski definition) is 3. The fourth-order valence-corrected chi connectivity index (χ4v) is 2.42. The SMILES string of the molecule is CN=C(NCCCNC(=O)c1occc1C)NCCc1ccccc1F.I. The second kappa shape index (κ2) is 12.3. The number of guanidine groups is 1. The second-order valence-electron chi connectivity index (χ2n) is 5.81. The molecule has 27 heavy (non-hydrogen) atoms. The molecule has 6 nitrogen and oxygen atoms in total. The summed E-state index contributed by atoms with van der Waals surface area (Å²) in [5, 5.41) is 9.12. The van der Waals surface area contributed by atoms with E-state index in [0.717, 1.165) is 12.0 Å². The van der Waals surface area contributed by atoms with E-state index < -0.39 is 0 Å². The van der Waals surface area contributed by atoms with Crippen molar-refractivity contribution in [3.05, 3.63) is 59.3 Å². The Kier molecular flexibility index (Phi) is 10.5. The predicted molar refractivity (Wildman–Crippen MR) is 115 cm³/mol. The lowest BCUT2D eigenvalue weighted by atomic mass is 10.1. The lowest BCUT2D eigenvalue weighted by Crippen LogP contribution is -2.39. The average molecular weight is 488 g/mol. The molecule has 0 radical (unpaired) electrons. The molecule has 0 fully saturated rings. The summed E-state index contributed by atoms with van der Waals surface area (Å²) in [5.41, 5.74) is 1.49. The van der Waals surface area contributed by atoms with Gasteiger partial charge in [-0.25, -0.2) is 4.39 Å². The molecule has 0 atom stereocenters. The Balaban J connectivity index is 0.00000364. The minimum Gasteiger partial charge on any atom is -0.459 e. The number of halogens is 2. The van der Waals surface area contributed by atoms with Gasteiger partial charge in [-0.3, -0.25) is 9.79 Å². The van der Waals surface area contributed by atoms with E-state index in [9.17, 15) is 9.18 Å². The minimum absolute atomic E-state index is 0. The number of rotatable bonds is 8. The van der Waals surface area contributed by atoms with Crippen LogP contribution in [-0.2, 0) is 6.42 Å². The fraction of sp³-hybridized carbons (Fsp3) is 0.368. The summed E-state index contributed by atoms with van der Waals surface area (Å²) in [4.78, 5) is 16.0. The van der Waals surface area contributed by atoms with Crippen LogP contribution < -0.4 is 16.0 Å². The number of carbonyl (C=O) groups is 1. The van der Waals surface area contributed by atoms with E-state index in [-0.39, 0.29) is 35.7 Å². The zero-order valence-electron chi connectivity index (χ0n) is 15.5. The van der Waals surface area contributed by atoms with Gasteiger partial charge in [-0.2, -0.15) is 0 Å². The van der Waals surface area contributed by atoms with E-state index in [1.165, 1.54) is 12.3 Å². The van der Waals surface area contributed by atoms with E-state index in [0.29, 0.717) is 43.3 Å². The topological polar surface area (TPSA) is 78.7 Å². The zero-order valence-corrected chi connectivity index (χ0v) is 17.9. The Hall–Kier alpha value is -2.10. The van der Waals surface area contributed by atoms with Crippen LogP contribution in [0.5, 0.6) is 0 Å². The Morgan fingerprint density at radius 2 is 1.81 bits per heavy atom. The summed E-state index contributed by atoms with van der Waals surface area (Å²) in [7, 11) is 1.68. The molecular weight excluding hydrogens is 462 g/mol. The number of benzene rings is 1. The Morgan fingerprint density at radius 1 is 1.11 bits per heavy atom. The van der Waals surface area contributed by atoms with Crippen LogP contribution in [0.1, 0.15) is 28.1 Å². The van der Waals surface area contributed by atoms with Gasteiger partial charge < -0.3 is 20.4 Å². The second-order valence-corrected chi connectivity index (χ2v) is 5.81. The molecule has 148 valence electrons. The maximum Gasteiger partial charge on any atom is 0.287 e. The fourth-order valence-electron chi connectivity index (χ4n) is 2.42. The molecule has 8 heteroatoms. The lowest BCUT2D eigenvalue weighted by molar-refractivity contribution is 0.0925. The third-order valence-corrected chi connectivity index (χ3v) is 3.87. The summed E-state index contributed by atoms with van der Waals surface area (Å²) in [5.74, 6) is 0.595.